The zero-order chi connectivity index (χ0) is 12.1. The maximum Gasteiger partial charge on any atom is 0.165 e. The van der Waals surface area contributed by atoms with Gasteiger partial charge in [-0.25, -0.2) is 4.68 Å². The number of aromatic nitrogens is 4. The SMILES string of the molecule is CNCc1nnnn1Cc1ccc(OC)cc1. The lowest BCUT2D eigenvalue weighted by atomic mass is 10.2. The number of hydrogen-bond donors (Lipinski definition) is 1. The molecule has 0 radical (unpaired) electrons. The molecule has 2 rings (SSSR count). The van der Waals surface area contributed by atoms with Gasteiger partial charge in [-0.3, -0.25) is 0 Å². The second kappa shape index (κ2) is 5.40. The van der Waals surface area contributed by atoms with Crippen molar-refractivity contribution in [2.24, 2.45) is 0 Å². The van der Waals surface area contributed by atoms with Crippen LogP contribution >= 0.6 is 0 Å². The van der Waals surface area contributed by atoms with E-state index in [1.165, 1.54) is 0 Å². The molecule has 0 unspecified atom stereocenters. The minimum absolute atomic E-state index is 0.656. The van der Waals surface area contributed by atoms with Crippen LogP contribution < -0.4 is 10.1 Å². The summed E-state index contributed by atoms with van der Waals surface area (Å²) in [5.41, 5.74) is 1.13. The van der Waals surface area contributed by atoms with E-state index in [9.17, 15) is 0 Å². The average Bonchev–Trinajstić information content (AvgIpc) is 2.78. The van der Waals surface area contributed by atoms with Gasteiger partial charge in [-0.05, 0) is 35.2 Å². The maximum absolute atomic E-state index is 5.11. The third-order valence-corrected chi connectivity index (χ3v) is 2.43. The molecule has 1 heterocycles. The molecule has 0 aliphatic heterocycles. The van der Waals surface area contributed by atoms with E-state index in [2.05, 4.69) is 20.8 Å². The number of methoxy groups -OCH3 is 1. The molecule has 0 saturated heterocycles. The molecular formula is C11H15N5O. The van der Waals surface area contributed by atoms with Gasteiger partial charge in [-0.15, -0.1) is 5.10 Å². The third-order valence-electron chi connectivity index (χ3n) is 2.43. The molecule has 6 heteroatoms. The van der Waals surface area contributed by atoms with Crippen LogP contribution in [0.2, 0.25) is 0 Å². The molecule has 17 heavy (non-hydrogen) atoms. The number of ether oxygens (including phenoxy) is 1. The van der Waals surface area contributed by atoms with Crippen molar-refractivity contribution in [3.63, 3.8) is 0 Å². The van der Waals surface area contributed by atoms with Crippen molar-refractivity contribution in [3.05, 3.63) is 35.7 Å². The van der Waals surface area contributed by atoms with E-state index in [0.717, 1.165) is 17.1 Å². The summed E-state index contributed by atoms with van der Waals surface area (Å²) in [5, 5.41) is 14.6. The van der Waals surface area contributed by atoms with Gasteiger partial charge in [0.1, 0.15) is 5.75 Å². The molecule has 0 bridgehead atoms. The summed E-state index contributed by atoms with van der Waals surface area (Å²) in [5.74, 6) is 1.67. The van der Waals surface area contributed by atoms with Gasteiger partial charge in [-0.1, -0.05) is 12.1 Å². The predicted molar refractivity (Wildman–Crippen MR) is 62.7 cm³/mol. The molecule has 1 N–H and O–H groups in total. The maximum atomic E-state index is 5.11. The molecule has 1 aromatic heterocycles. The van der Waals surface area contributed by atoms with Crippen LogP contribution in [-0.4, -0.2) is 34.4 Å². The number of tetrazole rings is 1. The van der Waals surface area contributed by atoms with Crippen LogP contribution in [0.3, 0.4) is 0 Å². The second-order valence-electron chi connectivity index (χ2n) is 3.63. The number of rotatable bonds is 5. The molecule has 90 valence electrons. The third kappa shape index (κ3) is 2.79. The second-order valence-corrected chi connectivity index (χ2v) is 3.63. The number of benzene rings is 1. The standard InChI is InChI=1S/C11H15N5O/c1-12-7-11-13-14-15-16(11)8-9-3-5-10(17-2)6-4-9/h3-6,12H,7-8H2,1-2H3. The first-order valence-electron chi connectivity index (χ1n) is 5.36. The van der Waals surface area contributed by atoms with E-state index >= 15 is 0 Å². The van der Waals surface area contributed by atoms with E-state index < -0.39 is 0 Å². The van der Waals surface area contributed by atoms with Gasteiger partial charge >= 0.3 is 0 Å². The fourth-order valence-electron chi connectivity index (χ4n) is 1.53. The van der Waals surface area contributed by atoms with Gasteiger partial charge in [0.15, 0.2) is 5.82 Å². The molecule has 6 nitrogen and oxygen atoms in total. The summed E-state index contributed by atoms with van der Waals surface area (Å²) in [6.45, 7) is 1.32. The van der Waals surface area contributed by atoms with Gasteiger partial charge in [-0.2, -0.15) is 0 Å². The minimum Gasteiger partial charge on any atom is -0.497 e. The van der Waals surface area contributed by atoms with Crippen LogP contribution in [0.5, 0.6) is 5.75 Å². The highest BCUT2D eigenvalue weighted by molar-refractivity contribution is 5.27. The van der Waals surface area contributed by atoms with Crippen molar-refractivity contribution in [1.82, 2.24) is 25.5 Å². The Bertz CT molecular complexity index is 465. The van der Waals surface area contributed by atoms with Gasteiger partial charge < -0.3 is 10.1 Å². The highest BCUT2D eigenvalue weighted by Crippen LogP contribution is 2.12. The van der Waals surface area contributed by atoms with Gasteiger partial charge in [0.05, 0.1) is 20.2 Å². The fourth-order valence-corrected chi connectivity index (χ4v) is 1.53. The van der Waals surface area contributed by atoms with Crippen LogP contribution in [0.25, 0.3) is 0 Å². The van der Waals surface area contributed by atoms with E-state index in [-0.39, 0.29) is 0 Å². The lowest BCUT2D eigenvalue weighted by Gasteiger charge is -2.05. The van der Waals surface area contributed by atoms with Crippen molar-refractivity contribution in [2.75, 3.05) is 14.2 Å². The van der Waals surface area contributed by atoms with Crippen LogP contribution in [0.15, 0.2) is 24.3 Å². The molecule has 1 aromatic carbocycles. The average molecular weight is 233 g/mol. The number of nitrogens with zero attached hydrogens (tertiary/aromatic N) is 4. The summed E-state index contributed by atoms with van der Waals surface area (Å²) < 4.78 is 6.89. The summed E-state index contributed by atoms with van der Waals surface area (Å²) >= 11 is 0. The lowest BCUT2D eigenvalue weighted by Crippen LogP contribution is -2.14. The Morgan fingerprint density at radius 3 is 2.71 bits per heavy atom. The van der Waals surface area contributed by atoms with E-state index in [4.69, 9.17) is 4.74 Å². The van der Waals surface area contributed by atoms with Crippen molar-refractivity contribution in [2.45, 2.75) is 13.1 Å². The molecule has 0 aliphatic carbocycles. The molecule has 0 amide bonds. The molecule has 0 spiro atoms. The summed E-state index contributed by atoms with van der Waals surface area (Å²) in [4.78, 5) is 0. The molecule has 0 saturated carbocycles. The zero-order valence-corrected chi connectivity index (χ0v) is 9.92. The fraction of sp³-hybridized carbons (Fsp3) is 0.364. The Morgan fingerprint density at radius 1 is 1.29 bits per heavy atom. The van der Waals surface area contributed by atoms with Crippen LogP contribution in [0.1, 0.15) is 11.4 Å². The number of nitrogens with one attached hydrogen (secondary N) is 1. The van der Waals surface area contributed by atoms with Crippen molar-refractivity contribution in [1.29, 1.82) is 0 Å². The molecule has 0 aliphatic rings. The first-order valence-corrected chi connectivity index (χ1v) is 5.36. The largest absolute Gasteiger partial charge is 0.497 e. The molecule has 2 aromatic rings. The van der Waals surface area contributed by atoms with E-state index in [0.29, 0.717) is 13.1 Å². The summed E-state index contributed by atoms with van der Waals surface area (Å²) in [6, 6.07) is 7.86. The number of hydrogen-bond acceptors (Lipinski definition) is 5. The van der Waals surface area contributed by atoms with Crippen molar-refractivity contribution in [3.8, 4) is 5.75 Å². The topological polar surface area (TPSA) is 64.9 Å². The molecular weight excluding hydrogens is 218 g/mol. The lowest BCUT2D eigenvalue weighted by molar-refractivity contribution is 0.414. The zero-order valence-electron chi connectivity index (χ0n) is 9.92. The Labute approximate surface area is 99.6 Å². The first kappa shape index (κ1) is 11.5. The van der Waals surface area contributed by atoms with Crippen LogP contribution in [-0.2, 0) is 13.1 Å². The predicted octanol–water partition coefficient (Wildman–Crippen LogP) is 0.449. The highest BCUT2D eigenvalue weighted by Gasteiger charge is 2.05. The normalized spacial score (nSPS) is 10.5. The Kier molecular flexibility index (Phi) is 3.66. The molecule has 0 atom stereocenters. The Hall–Kier alpha value is -1.95. The van der Waals surface area contributed by atoms with Gasteiger partial charge in [0.2, 0.25) is 0 Å². The van der Waals surface area contributed by atoms with E-state index in [1.54, 1.807) is 11.8 Å². The minimum atomic E-state index is 0.656. The first-order chi connectivity index (χ1) is 8.33. The smallest absolute Gasteiger partial charge is 0.165 e. The Balaban J connectivity index is 2.10. The van der Waals surface area contributed by atoms with Crippen molar-refractivity contribution < 1.29 is 4.74 Å². The molecule has 0 fully saturated rings. The summed E-state index contributed by atoms with van der Waals surface area (Å²) in [7, 11) is 3.52. The quantitative estimate of drug-likeness (QED) is 0.812. The van der Waals surface area contributed by atoms with Crippen LogP contribution in [0, 0.1) is 0 Å². The highest BCUT2D eigenvalue weighted by atomic mass is 16.5. The van der Waals surface area contributed by atoms with E-state index in [1.807, 2.05) is 31.3 Å². The monoisotopic (exact) mass is 233 g/mol. The summed E-state index contributed by atoms with van der Waals surface area (Å²) in [6.07, 6.45) is 0. The Morgan fingerprint density at radius 2 is 2.06 bits per heavy atom. The van der Waals surface area contributed by atoms with Crippen molar-refractivity contribution >= 4 is 0 Å². The van der Waals surface area contributed by atoms with Gasteiger partial charge in [0.25, 0.3) is 0 Å². The van der Waals surface area contributed by atoms with Crippen LogP contribution in [0.4, 0.5) is 0 Å². The van der Waals surface area contributed by atoms with Gasteiger partial charge in [0, 0.05) is 0 Å².